The molecule has 6 nitrogen and oxygen atoms in total. The maximum absolute atomic E-state index is 12.5. The lowest BCUT2D eigenvalue weighted by atomic mass is 9.97. The van der Waals surface area contributed by atoms with Crippen LogP contribution < -0.4 is 11.3 Å². The van der Waals surface area contributed by atoms with Gasteiger partial charge in [0.15, 0.2) is 0 Å². The third-order valence-corrected chi connectivity index (χ3v) is 3.61. The van der Waals surface area contributed by atoms with E-state index < -0.39 is 17.6 Å². The Kier molecular flexibility index (Phi) is 7.05. The third kappa shape index (κ3) is 6.02. The van der Waals surface area contributed by atoms with Gasteiger partial charge in [0.05, 0.1) is 5.92 Å². The summed E-state index contributed by atoms with van der Waals surface area (Å²) in [5.41, 5.74) is 2.26. The molecule has 0 radical (unpaired) electrons. The number of rotatable bonds is 5. The van der Waals surface area contributed by atoms with E-state index >= 15 is 0 Å². The van der Waals surface area contributed by atoms with E-state index in [-0.39, 0.29) is 18.5 Å². The molecule has 24 heavy (non-hydrogen) atoms. The van der Waals surface area contributed by atoms with Crippen LogP contribution in [-0.2, 0) is 9.53 Å². The minimum absolute atomic E-state index is 0.139. The molecule has 0 saturated heterocycles. The first-order valence-electron chi connectivity index (χ1n) is 7.80. The molecule has 2 amide bonds. The average molecular weight is 356 g/mol. The Morgan fingerprint density at radius 1 is 1.25 bits per heavy atom. The Labute approximate surface area is 148 Å². The van der Waals surface area contributed by atoms with Gasteiger partial charge >= 0.3 is 6.09 Å². The van der Waals surface area contributed by atoms with Gasteiger partial charge in [-0.3, -0.25) is 10.2 Å². The molecule has 0 heterocycles. The number of hydrogen-bond acceptors (Lipinski definition) is 4. The van der Waals surface area contributed by atoms with E-state index in [1.807, 2.05) is 13.8 Å². The molecule has 0 aromatic heterocycles. The highest BCUT2D eigenvalue weighted by molar-refractivity contribution is 6.30. The smallest absolute Gasteiger partial charge is 0.410 e. The minimum atomic E-state index is -0.623. The van der Waals surface area contributed by atoms with Gasteiger partial charge in [0.2, 0.25) is 5.91 Å². The second-order valence-electron chi connectivity index (χ2n) is 6.84. The molecule has 7 heteroatoms. The molecular formula is C17H26ClN3O3. The molecule has 0 spiro atoms. The molecule has 0 fully saturated rings. The molecule has 1 aromatic carbocycles. The van der Waals surface area contributed by atoms with E-state index in [1.54, 1.807) is 45.0 Å². The number of hydrogen-bond donors (Lipinski definition) is 2. The van der Waals surface area contributed by atoms with Gasteiger partial charge in [-0.1, -0.05) is 23.7 Å². The van der Waals surface area contributed by atoms with Crippen LogP contribution in [-0.4, -0.2) is 35.1 Å². The fourth-order valence-corrected chi connectivity index (χ4v) is 2.27. The summed E-state index contributed by atoms with van der Waals surface area (Å²) < 4.78 is 5.43. The predicted octanol–water partition coefficient (Wildman–Crippen LogP) is 3.06. The Balaban J connectivity index is 3.06. The van der Waals surface area contributed by atoms with Gasteiger partial charge in [0.1, 0.15) is 5.60 Å². The topological polar surface area (TPSA) is 84.7 Å². The Morgan fingerprint density at radius 3 is 2.21 bits per heavy atom. The van der Waals surface area contributed by atoms with Crippen molar-refractivity contribution in [1.29, 1.82) is 0 Å². The van der Waals surface area contributed by atoms with Crippen molar-refractivity contribution in [3.63, 3.8) is 0 Å². The highest BCUT2D eigenvalue weighted by Crippen LogP contribution is 2.22. The fraction of sp³-hybridized carbons (Fsp3) is 0.529. The molecule has 1 unspecified atom stereocenters. The summed E-state index contributed by atoms with van der Waals surface area (Å²) in [5, 5.41) is 0.568. The first kappa shape index (κ1) is 20.3. The monoisotopic (exact) mass is 355 g/mol. The van der Waals surface area contributed by atoms with Gasteiger partial charge in [-0.25, -0.2) is 10.6 Å². The number of amides is 2. The SMILES string of the molecule is CC(C)N(CC(C(=O)NN)c1ccc(Cl)cc1)C(=O)OC(C)(C)C. The van der Waals surface area contributed by atoms with Gasteiger partial charge in [0.25, 0.3) is 0 Å². The van der Waals surface area contributed by atoms with E-state index in [1.165, 1.54) is 4.90 Å². The molecular weight excluding hydrogens is 330 g/mol. The van der Waals surface area contributed by atoms with Crippen LogP contribution in [0.1, 0.15) is 46.1 Å². The lowest BCUT2D eigenvalue weighted by Gasteiger charge is -2.32. The number of halogens is 1. The number of nitrogens with zero attached hydrogens (tertiary/aromatic N) is 1. The first-order valence-corrected chi connectivity index (χ1v) is 8.18. The van der Waals surface area contributed by atoms with Crippen molar-refractivity contribution in [3.05, 3.63) is 34.9 Å². The van der Waals surface area contributed by atoms with E-state index in [0.29, 0.717) is 5.02 Å². The number of ether oxygens (including phenoxy) is 1. The highest BCUT2D eigenvalue weighted by Gasteiger charge is 2.30. The van der Waals surface area contributed by atoms with E-state index in [0.717, 1.165) is 5.56 Å². The molecule has 0 aliphatic rings. The Morgan fingerprint density at radius 2 is 1.79 bits per heavy atom. The average Bonchev–Trinajstić information content (AvgIpc) is 2.46. The maximum Gasteiger partial charge on any atom is 0.410 e. The second kappa shape index (κ2) is 8.35. The molecule has 1 atom stereocenters. The van der Waals surface area contributed by atoms with Crippen LogP contribution in [0.25, 0.3) is 0 Å². The number of carbonyl (C=O) groups excluding carboxylic acids is 2. The largest absolute Gasteiger partial charge is 0.444 e. The second-order valence-corrected chi connectivity index (χ2v) is 7.28. The van der Waals surface area contributed by atoms with E-state index in [9.17, 15) is 9.59 Å². The molecule has 0 aliphatic heterocycles. The zero-order valence-electron chi connectivity index (χ0n) is 14.8. The van der Waals surface area contributed by atoms with Gasteiger partial charge in [0, 0.05) is 17.6 Å². The van der Waals surface area contributed by atoms with Crippen LogP contribution in [0.4, 0.5) is 4.79 Å². The third-order valence-electron chi connectivity index (χ3n) is 3.36. The molecule has 3 N–H and O–H groups in total. The van der Waals surface area contributed by atoms with Crippen LogP contribution in [0, 0.1) is 0 Å². The highest BCUT2D eigenvalue weighted by atomic mass is 35.5. The van der Waals surface area contributed by atoms with Crippen molar-refractivity contribution in [3.8, 4) is 0 Å². The van der Waals surface area contributed by atoms with Gasteiger partial charge in [-0.2, -0.15) is 0 Å². The summed E-state index contributed by atoms with van der Waals surface area (Å²) in [7, 11) is 0. The predicted molar refractivity (Wildman–Crippen MR) is 94.6 cm³/mol. The van der Waals surface area contributed by atoms with Crippen LogP contribution in [0.3, 0.4) is 0 Å². The van der Waals surface area contributed by atoms with Crippen molar-refractivity contribution in [1.82, 2.24) is 10.3 Å². The normalized spacial score (nSPS) is 12.7. The van der Waals surface area contributed by atoms with Crippen LogP contribution >= 0.6 is 11.6 Å². The van der Waals surface area contributed by atoms with Crippen molar-refractivity contribution < 1.29 is 14.3 Å². The summed E-state index contributed by atoms with van der Waals surface area (Å²) in [6, 6.07) is 6.74. The van der Waals surface area contributed by atoms with Gasteiger partial charge < -0.3 is 9.64 Å². The number of hydrazine groups is 1. The zero-order valence-corrected chi connectivity index (χ0v) is 15.6. The summed E-state index contributed by atoms with van der Waals surface area (Å²) in [6.45, 7) is 9.27. The Bertz CT molecular complexity index is 567. The van der Waals surface area contributed by atoms with Crippen LogP contribution in [0.15, 0.2) is 24.3 Å². The quantitative estimate of drug-likeness (QED) is 0.483. The zero-order chi connectivity index (χ0) is 18.5. The summed E-state index contributed by atoms with van der Waals surface area (Å²) in [6.07, 6.45) is -0.471. The van der Waals surface area contributed by atoms with Gasteiger partial charge in [-0.15, -0.1) is 0 Å². The molecule has 134 valence electrons. The molecule has 0 aliphatic carbocycles. The molecule has 0 saturated carbocycles. The van der Waals surface area contributed by atoms with Crippen molar-refractivity contribution in [2.24, 2.45) is 5.84 Å². The van der Waals surface area contributed by atoms with E-state index in [4.69, 9.17) is 22.2 Å². The van der Waals surface area contributed by atoms with Crippen LogP contribution in [0.5, 0.6) is 0 Å². The Hall–Kier alpha value is -1.79. The lowest BCUT2D eigenvalue weighted by Crippen LogP contribution is -2.46. The maximum atomic E-state index is 12.5. The summed E-state index contributed by atoms with van der Waals surface area (Å²) in [5.74, 6) is 4.30. The standard InChI is InChI=1S/C17H26ClN3O3/c1-11(2)21(16(23)24-17(3,4)5)10-14(15(22)20-19)12-6-8-13(18)9-7-12/h6-9,11,14H,10,19H2,1-5H3,(H,20,22). The number of nitrogens with two attached hydrogens (primary N) is 1. The van der Waals surface area contributed by atoms with Gasteiger partial charge in [-0.05, 0) is 52.3 Å². The molecule has 1 rings (SSSR count). The summed E-state index contributed by atoms with van der Waals surface area (Å²) >= 11 is 5.90. The van der Waals surface area contributed by atoms with E-state index in [2.05, 4.69) is 5.43 Å². The van der Waals surface area contributed by atoms with Crippen molar-refractivity contribution in [2.45, 2.75) is 52.2 Å². The first-order chi connectivity index (χ1) is 11.0. The number of nitrogens with one attached hydrogen (secondary N) is 1. The van der Waals surface area contributed by atoms with Crippen molar-refractivity contribution >= 4 is 23.6 Å². The fourth-order valence-electron chi connectivity index (χ4n) is 2.15. The van der Waals surface area contributed by atoms with Crippen LogP contribution in [0.2, 0.25) is 5.02 Å². The van der Waals surface area contributed by atoms with Crippen molar-refractivity contribution in [2.75, 3.05) is 6.54 Å². The summed E-state index contributed by atoms with van der Waals surface area (Å²) in [4.78, 5) is 26.2. The molecule has 1 aromatic rings. The molecule has 0 bridgehead atoms. The number of carbonyl (C=O) groups is 2. The number of benzene rings is 1. The minimum Gasteiger partial charge on any atom is -0.444 e. The lowest BCUT2D eigenvalue weighted by molar-refractivity contribution is -0.123.